The average Bonchev–Trinajstić information content (AvgIpc) is 2.99. The van der Waals surface area contributed by atoms with E-state index in [-0.39, 0.29) is 5.82 Å². The standard InChI is InChI=1S/C12H15FO/c1-2-7-14-12-6-5-10(13)8-11(12)9-3-4-9/h5-6,8-9H,2-4,7H2,1H3. The molecule has 1 aromatic rings. The van der Waals surface area contributed by atoms with Crippen LogP contribution in [-0.4, -0.2) is 6.61 Å². The van der Waals surface area contributed by atoms with Gasteiger partial charge in [0.25, 0.3) is 0 Å². The van der Waals surface area contributed by atoms with Crippen molar-refractivity contribution in [3.05, 3.63) is 29.6 Å². The zero-order valence-electron chi connectivity index (χ0n) is 8.42. The second-order valence-electron chi connectivity index (χ2n) is 3.80. The largest absolute Gasteiger partial charge is 0.493 e. The lowest BCUT2D eigenvalue weighted by molar-refractivity contribution is 0.313. The fourth-order valence-corrected chi connectivity index (χ4v) is 1.58. The van der Waals surface area contributed by atoms with Gasteiger partial charge in [0.15, 0.2) is 0 Å². The molecule has 1 saturated carbocycles. The van der Waals surface area contributed by atoms with Crippen LogP contribution in [0.25, 0.3) is 0 Å². The first-order chi connectivity index (χ1) is 6.81. The molecule has 1 aliphatic carbocycles. The van der Waals surface area contributed by atoms with Crippen LogP contribution in [0.1, 0.15) is 37.7 Å². The highest BCUT2D eigenvalue weighted by Gasteiger charge is 2.27. The van der Waals surface area contributed by atoms with Crippen LogP contribution < -0.4 is 4.74 Å². The zero-order chi connectivity index (χ0) is 9.97. The monoisotopic (exact) mass is 194 g/mol. The molecule has 14 heavy (non-hydrogen) atoms. The zero-order valence-corrected chi connectivity index (χ0v) is 8.42. The molecule has 0 heterocycles. The molecule has 2 rings (SSSR count). The molecule has 1 nitrogen and oxygen atoms in total. The van der Waals surface area contributed by atoms with E-state index < -0.39 is 0 Å². The molecule has 76 valence electrons. The minimum Gasteiger partial charge on any atom is -0.493 e. The van der Waals surface area contributed by atoms with E-state index in [4.69, 9.17) is 4.74 Å². The Balaban J connectivity index is 2.19. The van der Waals surface area contributed by atoms with Crippen molar-refractivity contribution in [1.29, 1.82) is 0 Å². The van der Waals surface area contributed by atoms with Crippen LogP contribution in [0.4, 0.5) is 4.39 Å². The molecule has 0 radical (unpaired) electrons. The lowest BCUT2D eigenvalue weighted by Gasteiger charge is -2.09. The summed E-state index contributed by atoms with van der Waals surface area (Å²) in [7, 11) is 0. The summed E-state index contributed by atoms with van der Waals surface area (Å²) in [5.41, 5.74) is 1.05. The maximum Gasteiger partial charge on any atom is 0.123 e. The van der Waals surface area contributed by atoms with Gasteiger partial charge in [0, 0.05) is 5.56 Å². The van der Waals surface area contributed by atoms with Crippen molar-refractivity contribution in [2.45, 2.75) is 32.1 Å². The molecule has 0 N–H and O–H groups in total. The summed E-state index contributed by atoms with van der Waals surface area (Å²) in [5, 5.41) is 0. The smallest absolute Gasteiger partial charge is 0.123 e. The first-order valence-electron chi connectivity index (χ1n) is 5.23. The van der Waals surface area contributed by atoms with Crippen molar-refractivity contribution in [2.75, 3.05) is 6.61 Å². The summed E-state index contributed by atoms with van der Waals surface area (Å²) in [5.74, 6) is 1.25. The maximum atomic E-state index is 13.0. The van der Waals surface area contributed by atoms with Gasteiger partial charge in [-0.15, -0.1) is 0 Å². The molecule has 0 saturated heterocycles. The Bertz CT molecular complexity index is 318. The fraction of sp³-hybridized carbons (Fsp3) is 0.500. The van der Waals surface area contributed by atoms with Gasteiger partial charge < -0.3 is 4.74 Å². The molecule has 1 aliphatic rings. The van der Waals surface area contributed by atoms with Crippen molar-refractivity contribution >= 4 is 0 Å². The molecule has 0 unspecified atom stereocenters. The molecular formula is C12H15FO. The van der Waals surface area contributed by atoms with Gasteiger partial charge in [-0.25, -0.2) is 4.39 Å². The van der Waals surface area contributed by atoms with Crippen LogP contribution in [0.5, 0.6) is 5.75 Å². The predicted octanol–water partition coefficient (Wildman–Crippen LogP) is 3.49. The molecule has 1 aromatic carbocycles. The Labute approximate surface area is 83.9 Å². The van der Waals surface area contributed by atoms with E-state index in [1.165, 1.54) is 18.9 Å². The molecule has 0 aliphatic heterocycles. The summed E-state index contributed by atoms with van der Waals surface area (Å²) in [4.78, 5) is 0. The van der Waals surface area contributed by atoms with Crippen LogP contribution in [0.15, 0.2) is 18.2 Å². The number of halogens is 1. The van der Waals surface area contributed by atoms with E-state index in [1.807, 2.05) is 0 Å². The first kappa shape index (κ1) is 9.50. The van der Waals surface area contributed by atoms with Crippen molar-refractivity contribution in [3.8, 4) is 5.75 Å². The van der Waals surface area contributed by atoms with Gasteiger partial charge in [-0.1, -0.05) is 6.92 Å². The lowest BCUT2D eigenvalue weighted by atomic mass is 10.1. The highest BCUT2D eigenvalue weighted by Crippen LogP contribution is 2.44. The fourth-order valence-electron chi connectivity index (χ4n) is 1.58. The summed E-state index contributed by atoms with van der Waals surface area (Å²) in [6.07, 6.45) is 3.33. The van der Waals surface area contributed by atoms with Crippen LogP contribution in [0.2, 0.25) is 0 Å². The van der Waals surface area contributed by atoms with E-state index in [0.29, 0.717) is 12.5 Å². The van der Waals surface area contributed by atoms with Crippen LogP contribution in [-0.2, 0) is 0 Å². The normalized spacial score (nSPS) is 15.6. The van der Waals surface area contributed by atoms with E-state index in [0.717, 1.165) is 17.7 Å². The highest BCUT2D eigenvalue weighted by molar-refractivity contribution is 5.39. The Hall–Kier alpha value is -1.05. The number of rotatable bonds is 4. The van der Waals surface area contributed by atoms with Gasteiger partial charge in [-0.3, -0.25) is 0 Å². The summed E-state index contributed by atoms with van der Waals surface area (Å²) in [6.45, 7) is 2.78. The highest BCUT2D eigenvalue weighted by atomic mass is 19.1. The molecule has 0 spiro atoms. The third kappa shape index (κ3) is 2.06. The molecule has 0 amide bonds. The van der Waals surface area contributed by atoms with E-state index >= 15 is 0 Å². The molecule has 2 heteroatoms. The third-order valence-electron chi connectivity index (χ3n) is 2.45. The van der Waals surface area contributed by atoms with Gasteiger partial charge in [-0.05, 0) is 43.4 Å². The lowest BCUT2D eigenvalue weighted by Crippen LogP contribution is -1.98. The van der Waals surface area contributed by atoms with Crippen molar-refractivity contribution in [3.63, 3.8) is 0 Å². The van der Waals surface area contributed by atoms with Gasteiger partial charge in [0.05, 0.1) is 6.61 Å². The summed E-state index contributed by atoms with van der Waals surface area (Å²) >= 11 is 0. The number of ether oxygens (including phenoxy) is 1. The molecule has 0 bridgehead atoms. The SMILES string of the molecule is CCCOc1ccc(F)cc1C1CC1. The van der Waals surface area contributed by atoms with Gasteiger partial charge in [0.1, 0.15) is 11.6 Å². The topological polar surface area (TPSA) is 9.23 Å². The van der Waals surface area contributed by atoms with E-state index in [2.05, 4.69) is 6.92 Å². The third-order valence-corrected chi connectivity index (χ3v) is 2.45. The maximum absolute atomic E-state index is 13.0. The van der Waals surface area contributed by atoms with Crippen molar-refractivity contribution in [2.24, 2.45) is 0 Å². The van der Waals surface area contributed by atoms with Crippen LogP contribution in [0.3, 0.4) is 0 Å². The molecule has 0 atom stereocenters. The average molecular weight is 194 g/mol. The molecular weight excluding hydrogens is 179 g/mol. The predicted molar refractivity (Wildman–Crippen MR) is 54.2 cm³/mol. The Morgan fingerprint density at radius 3 is 2.86 bits per heavy atom. The second kappa shape index (κ2) is 3.99. The molecule has 1 fully saturated rings. The van der Waals surface area contributed by atoms with E-state index in [9.17, 15) is 4.39 Å². The van der Waals surface area contributed by atoms with Crippen LogP contribution >= 0.6 is 0 Å². The molecule has 0 aromatic heterocycles. The van der Waals surface area contributed by atoms with Gasteiger partial charge in [-0.2, -0.15) is 0 Å². The van der Waals surface area contributed by atoms with Gasteiger partial charge in [0.2, 0.25) is 0 Å². The van der Waals surface area contributed by atoms with Gasteiger partial charge >= 0.3 is 0 Å². The Morgan fingerprint density at radius 1 is 1.43 bits per heavy atom. The number of hydrogen-bond donors (Lipinski definition) is 0. The Morgan fingerprint density at radius 2 is 2.21 bits per heavy atom. The Kier molecular flexibility index (Phi) is 2.71. The van der Waals surface area contributed by atoms with Crippen molar-refractivity contribution in [1.82, 2.24) is 0 Å². The minimum absolute atomic E-state index is 0.157. The number of hydrogen-bond acceptors (Lipinski definition) is 1. The minimum atomic E-state index is -0.157. The summed E-state index contributed by atoms with van der Waals surface area (Å²) in [6, 6.07) is 4.83. The van der Waals surface area contributed by atoms with Crippen molar-refractivity contribution < 1.29 is 9.13 Å². The summed E-state index contributed by atoms with van der Waals surface area (Å²) < 4.78 is 18.6. The first-order valence-corrected chi connectivity index (χ1v) is 5.23. The quantitative estimate of drug-likeness (QED) is 0.712. The van der Waals surface area contributed by atoms with E-state index in [1.54, 1.807) is 12.1 Å². The van der Waals surface area contributed by atoms with Crippen LogP contribution in [0, 0.1) is 5.82 Å². The number of benzene rings is 1. The second-order valence-corrected chi connectivity index (χ2v) is 3.80.